The normalized spacial score (nSPS) is 23.1. The molecule has 0 unspecified atom stereocenters. The molecule has 0 aromatic carbocycles. The molecule has 1 aromatic heterocycles. The number of likely N-dealkylation sites (N-methyl/N-ethyl adjacent to an activating group) is 1. The van der Waals surface area contributed by atoms with E-state index in [-0.39, 0.29) is 42.9 Å². The summed E-state index contributed by atoms with van der Waals surface area (Å²) in [5.74, 6) is 1.80. The van der Waals surface area contributed by atoms with Gasteiger partial charge in [0.05, 0.1) is 12.7 Å². The lowest BCUT2D eigenvalue weighted by molar-refractivity contribution is -0.140. The second-order valence-corrected chi connectivity index (χ2v) is 7.00. The summed E-state index contributed by atoms with van der Waals surface area (Å²) in [6, 6.07) is 5.85. The molecule has 2 fully saturated rings. The van der Waals surface area contributed by atoms with Crippen molar-refractivity contribution in [1.82, 2.24) is 15.2 Å². The maximum absolute atomic E-state index is 12.9. The van der Waals surface area contributed by atoms with Crippen LogP contribution in [0.3, 0.4) is 0 Å². The topological polar surface area (TPSA) is 57.7 Å². The molecule has 0 saturated carbocycles. The Morgan fingerprint density at radius 3 is 2.67 bits per heavy atom. The molecule has 3 rings (SSSR count). The van der Waals surface area contributed by atoms with Crippen LogP contribution >= 0.6 is 24.8 Å². The molecule has 1 N–H and O–H groups in total. The van der Waals surface area contributed by atoms with Gasteiger partial charge in [-0.25, -0.2) is 4.98 Å². The van der Waals surface area contributed by atoms with E-state index in [1.807, 2.05) is 30.2 Å². The number of carbonyl (C=O) groups excluding carboxylic acids is 1. The summed E-state index contributed by atoms with van der Waals surface area (Å²) in [4.78, 5) is 21.6. The number of ether oxygens (including phenoxy) is 1. The van der Waals surface area contributed by atoms with Crippen LogP contribution in [0.2, 0.25) is 0 Å². The number of aromatic nitrogens is 1. The van der Waals surface area contributed by atoms with Crippen LogP contribution in [-0.4, -0.2) is 67.3 Å². The molecule has 3 heterocycles. The number of pyridine rings is 1. The summed E-state index contributed by atoms with van der Waals surface area (Å²) in [7, 11) is 0. The highest BCUT2D eigenvalue weighted by molar-refractivity contribution is 5.85. The van der Waals surface area contributed by atoms with E-state index in [0.29, 0.717) is 12.5 Å². The minimum Gasteiger partial charge on any atom is -0.375 e. The highest BCUT2D eigenvalue weighted by atomic mass is 35.5. The van der Waals surface area contributed by atoms with Crippen molar-refractivity contribution in [3.8, 4) is 0 Å². The predicted octanol–water partition coefficient (Wildman–Crippen LogP) is 2.37. The second kappa shape index (κ2) is 11.7. The van der Waals surface area contributed by atoms with Gasteiger partial charge >= 0.3 is 0 Å². The number of carbonyl (C=O) groups is 1. The number of hydrogen-bond donors (Lipinski definition) is 1. The Morgan fingerprint density at radius 1 is 1.33 bits per heavy atom. The highest BCUT2D eigenvalue weighted by Gasteiger charge is 2.32. The van der Waals surface area contributed by atoms with Crippen molar-refractivity contribution < 1.29 is 9.53 Å². The monoisotopic (exact) mass is 418 g/mol. The first-order chi connectivity index (χ1) is 12.2. The van der Waals surface area contributed by atoms with E-state index < -0.39 is 0 Å². The number of rotatable bonds is 5. The quantitative estimate of drug-likeness (QED) is 0.794. The zero-order valence-corrected chi connectivity index (χ0v) is 17.8. The number of amides is 1. The van der Waals surface area contributed by atoms with Gasteiger partial charge in [-0.05, 0) is 44.7 Å². The molecule has 0 bridgehead atoms. The predicted molar refractivity (Wildman–Crippen MR) is 113 cm³/mol. The SMILES string of the molecule is CCN(CC1CCN(c2ccccn2)CC1)C(=O)[C@H]1NCCO[C@@H]1C.Cl.Cl. The summed E-state index contributed by atoms with van der Waals surface area (Å²) in [5.41, 5.74) is 0. The molecule has 1 aromatic rings. The molecule has 0 spiro atoms. The molecule has 2 aliphatic heterocycles. The summed E-state index contributed by atoms with van der Waals surface area (Å²) in [6.07, 6.45) is 4.00. The number of morpholine rings is 1. The Balaban J connectivity index is 0.00000182. The fourth-order valence-electron chi connectivity index (χ4n) is 3.78. The number of nitrogens with one attached hydrogen (secondary N) is 1. The third kappa shape index (κ3) is 6.21. The molecule has 1 amide bonds. The molecule has 154 valence electrons. The van der Waals surface area contributed by atoms with Gasteiger partial charge < -0.3 is 19.9 Å². The molecule has 2 saturated heterocycles. The third-order valence-electron chi connectivity index (χ3n) is 5.34. The van der Waals surface area contributed by atoms with E-state index in [0.717, 1.165) is 51.4 Å². The van der Waals surface area contributed by atoms with Crippen LogP contribution in [-0.2, 0) is 9.53 Å². The lowest BCUT2D eigenvalue weighted by atomic mass is 9.95. The van der Waals surface area contributed by atoms with E-state index in [4.69, 9.17) is 4.74 Å². The fourth-order valence-corrected chi connectivity index (χ4v) is 3.78. The second-order valence-electron chi connectivity index (χ2n) is 7.00. The Kier molecular flexibility index (Phi) is 10.4. The maximum atomic E-state index is 12.9. The Labute approximate surface area is 174 Å². The van der Waals surface area contributed by atoms with Gasteiger partial charge in [0.25, 0.3) is 0 Å². The molecule has 2 aliphatic rings. The number of anilines is 1. The standard InChI is InChI=1S/C19H30N4O2.2ClH/c1-3-22(19(24)18-15(2)25-13-10-21-18)14-16-7-11-23(12-8-16)17-6-4-5-9-20-17;;/h4-6,9,15-16,18,21H,3,7-8,10-14H2,1-2H3;2*1H/t15-,18+;;/m1../s1. The van der Waals surface area contributed by atoms with Crippen LogP contribution in [0.5, 0.6) is 0 Å². The zero-order valence-electron chi connectivity index (χ0n) is 16.2. The highest BCUT2D eigenvalue weighted by Crippen LogP contribution is 2.23. The minimum absolute atomic E-state index is 0. The van der Waals surface area contributed by atoms with Crippen LogP contribution in [0.25, 0.3) is 0 Å². The van der Waals surface area contributed by atoms with Gasteiger partial charge in [0.1, 0.15) is 11.9 Å². The molecule has 0 radical (unpaired) electrons. The van der Waals surface area contributed by atoms with Gasteiger partial charge in [-0.3, -0.25) is 4.79 Å². The Bertz CT molecular complexity index is 556. The maximum Gasteiger partial charge on any atom is 0.242 e. The Hall–Kier alpha value is -1.08. The van der Waals surface area contributed by atoms with E-state index in [1.54, 1.807) is 0 Å². The number of piperidine rings is 1. The van der Waals surface area contributed by atoms with Crippen molar-refractivity contribution in [3.63, 3.8) is 0 Å². The molecule has 0 aliphatic carbocycles. The van der Waals surface area contributed by atoms with Crippen LogP contribution < -0.4 is 10.2 Å². The van der Waals surface area contributed by atoms with Crippen molar-refractivity contribution in [3.05, 3.63) is 24.4 Å². The van der Waals surface area contributed by atoms with Gasteiger partial charge in [0.15, 0.2) is 0 Å². The summed E-state index contributed by atoms with van der Waals surface area (Å²) in [5, 5.41) is 3.32. The lowest BCUT2D eigenvalue weighted by Gasteiger charge is -2.37. The van der Waals surface area contributed by atoms with Crippen molar-refractivity contribution >= 4 is 36.5 Å². The van der Waals surface area contributed by atoms with Gasteiger partial charge in [-0.15, -0.1) is 24.8 Å². The molecule has 27 heavy (non-hydrogen) atoms. The number of hydrogen-bond acceptors (Lipinski definition) is 5. The van der Waals surface area contributed by atoms with E-state index in [9.17, 15) is 4.79 Å². The molecule has 2 atom stereocenters. The smallest absolute Gasteiger partial charge is 0.242 e. The lowest BCUT2D eigenvalue weighted by Crippen LogP contribution is -2.57. The average Bonchev–Trinajstić information content (AvgIpc) is 2.67. The van der Waals surface area contributed by atoms with Gasteiger partial charge in [-0.1, -0.05) is 6.07 Å². The minimum atomic E-state index is -0.206. The molecule has 8 heteroatoms. The first kappa shape index (κ1) is 24.0. The Morgan fingerprint density at radius 2 is 2.07 bits per heavy atom. The van der Waals surface area contributed by atoms with Gasteiger partial charge in [0, 0.05) is 38.9 Å². The third-order valence-corrected chi connectivity index (χ3v) is 5.34. The summed E-state index contributed by atoms with van der Waals surface area (Å²) in [6.45, 7) is 9.09. The average molecular weight is 419 g/mol. The van der Waals surface area contributed by atoms with Crippen molar-refractivity contribution in [2.75, 3.05) is 44.2 Å². The number of halogens is 2. The summed E-state index contributed by atoms with van der Waals surface area (Å²) < 4.78 is 5.64. The van der Waals surface area contributed by atoms with Crippen molar-refractivity contribution in [1.29, 1.82) is 0 Å². The van der Waals surface area contributed by atoms with Gasteiger partial charge in [0.2, 0.25) is 5.91 Å². The van der Waals surface area contributed by atoms with Crippen LogP contribution in [0, 0.1) is 5.92 Å². The van der Waals surface area contributed by atoms with E-state index in [2.05, 4.69) is 28.2 Å². The van der Waals surface area contributed by atoms with Crippen LogP contribution in [0.1, 0.15) is 26.7 Å². The van der Waals surface area contributed by atoms with E-state index in [1.165, 1.54) is 0 Å². The fraction of sp³-hybridized carbons (Fsp3) is 0.684. The first-order valence-electron chi connectivity index (χ1n) is 9.48. The first-order valence-corrected chi connectivity index (χ1v) is 9.48. The van der Waals surface area contributed by atoms with Crippen molar-refractivity contribution in [2.45, 2.75) is 38.8 Å². The van der Waals surface area contributed by atoms with Gasteiger partial charge in [-0.2, -0.15) is 0 Å². The molecule has 6 nitrogen and oxygen atoms in total. The van der Waals surface area contributed by atoms with Crippen LogP contribution in [0.15, 0.2) is 24.4 Å². The number of nitrogens with zero attached hydrogens (tertiary/aromatic N) is 3. The molecular weight excluding hydrogens is 387 g/mol. The molecular formula is C19H32Cl2N4O2. The zero-order chi connectivity index (χ0) is 17.6. The van der Waals surface area contributed by atoms with Crippen LogP contribution in [0.4, 0.5) is 5.82 Å². The summed E-state index contributed by atoms with van der Waals surface area (Å²) >= 11 is 0. The van der Waals surface area contributed by atoms with Crippen molar-refractivity contribution in [2.24, 2.45) is 5.92 Å². The van der Waals surface area contributed by atoms with E-state index >= 15 is 0 Å². The largest absolute Gasteiger partial charge is 0.375 e.